The number of rotatable bonds is 7. The first-order valence-corrected chi connectivity index (χ1v) is 14.4. The number of ether oxygens (including phenoxy) is 1. The van der Waals surface area contributed by atoms with E-state index < -0.39 is 22.0 Å². The summed E-state index contributed by atoms with van der Waals surface area (Å²) in [6.07, 6.45) is 3.78. The second-order valence-corrected chi connectivity index (χ2v) is 12.2. The molecule has 1 aromatic rings. The third-order valence-electron chi connectivity index (χ3n) is 7.89. The molecule has 2 atom stereocenters. The number of alkyl halides is 2. The van der Waals surface area contributed by atoms with Gasteiger partial charge in [-0.3, -0.25) is 4.79 Å². The fourth-order valence-electron chi connectivity index (χ4n) is 5.81. The molecule has 2 aliphatic heterocycles. The number of likely N-dealkylation sites (N-methyl/N-ethyl adjacent to an activating group) is 1. The summed E-state index contributed by atoms with van der Waals surface area (Å²) in [6, 6.07) is 2.17. The number of carbonyl (C=O) groups excluding carboxylic acids is 1. The zero-order valence-corrected chi connectivity index (χ0v) is 22.3. The summed E-state index contributed by atoms with van der Waals surface area (Å²) in [5.41, 5.74) is 0.716. The summed E-state index contributed by atoms with van der Waals surface area (Å²) in [5, 5.41) is 0. The number of hydrogen-bond acceptors (Lipinski definition) is 6. The van der Waals surface area contributed by atoms with Crippen LogP contribution in [0.4, 0.5) is 14.6 Å². The van der Waals surface area contributed by atoms with Crippen molar-refractivity contribution in [2.45, 2.75) is 93.7 Å². The van der Waals surface area contributed by atoms with E-state index in [1.807, 2.05) is 11.8 Å². The molecule has 11 heteroatoms. The largest absolute Gasteiger partial charge is 0.383 e. The van der Waals surface area contributed by atoms with Crippen molar-refractivity contribution in [2.24, 2.45) is 0 Å². The normalized spacial score (nSPS) is 25.8. The van der Waals surface area contributed by atoms with Gasteiger partial charge in [0.15, 0.2) is 0 Å². The van der Waals surface area contributed by atoms with Crippen molar-refractivity contribution in [1.29, 1.82) is 0 Å². The van der Waals surface area contributed by atoms with E-state index >= 15 is 0 Å². The van der Waals surface area contributed by atoms with Crippen LogP contribution in [0.1, 0.15) is 63.5 Å². The molecule has 36 heavy (non-hydrogen) atoms. The number of piperidine rings is 1. The van der Waals surface area contributed by atoms with Crippen LogP contribution in [0, 0.1) is 6.92 Å². The maximum absolute atomic E-state index is 14.0. The molecule has 1 aromatic heterocycles. The highest BCUT2D eigenvalue weighted by atomic mass is 32.2. The summed E-state index contributed by atoms with van der Waals surface area (Å²) in [4.78, 5) is 21.8. The number of aryl methyl sites for hydroxylation is 1. The molecule has 1 amide bonds. The number of aromatic nitrogens is 1. The first-order valence-electron chi connectivity index (χ1n) is 12.9. The molecule has 1 unspecified atom stereocenters. The molecule has 4 rings (SSSR count). The van der Waals surface area contributed by atoms with Crippen molar-refractivity contribution in [3.63, 3.8) is 0 Å². The Morgan fingerprint density at radius 3 is 2.56 bits per heavy atom. The summed E-state index contributed by atoms with van der Waals surface area (Å²) >= 11 is 0. The maximum Gasteiger partial charge on any atom is 0.248 e. The Morgan fingerprint density at radius 2 is 1.86 bits per heavy atom. The van der Waals surface area contributed by atoms with Crippen molar-refractivity contribution in [3.8, 4) is 0 Å². The van der Waals surface area contributed by atoms with Crippen LogP contribution < -0.4 is 4.90 Å². The van der Waals surface area contributed by atoms with Gasteiger partial charge in [-0.25, -0.2) is 22.2 Å². The molecule has 3 heterocycles. The Bertz CT molecular complexity index is 1040. The third-order valence-corrected chi connectivity index (χ3v) is 9.82. The lowest BCUT2D eigenvalue weighted by molar-refractivity contribution is -0.138. The van der Waals surface area contributed by atoms with Crippen molar-refractivity contribution in [1.82, 2.24) is 14.2 Å². The highest BCUT2D eigenvalue weighted by Gasteiger charge is 2.45. The van der Waals surface area contributed by atoms with Crippen LogP contribution in [0.25, 0.3) is 0 Å². The number of halogens is 2. The van der Waals surface area contributed by atoms with E-state index in [0.29, 0.717) is 37.5 Å². The number of amides is 1. The average Bonchev–Trinajstić information content (AvgIpc) is 3.34. The zero-order chi connectivity index (χ0) is 26.1. The molecule has 1 saturated carbocycles. The Balaban J connectivity index is 1.60. The molecule has 0 radical (unpaired) electrons. The Morgan fingerprint density at radius 1 is 1.14 bits per heavy atom. The van der Waals surface area contributed by atoms with Crippen LogP contribution in [-0.2, 0) is 19.6 Å². The van der Waals surface area contributed by atoms with Crippen molar-refractivity contribution < 1.29 is 26.7 Å². The standard InChI is InChI=1S/C25H38F2N4O4S/c1-18-9-10-22(23(28-18)30-15-5-4-7-20(30)17-35-3)36(33,34)31-16-6-8-21(31)24(32)29(2)19-11-13-25(26,27)14-12-19/h9-10,19-21H,4-8,11-17H2,1-3H3/t20?,21-/m0/s1. The van der Waals surface area contributed by atoms with Gasteiger partial charge < -0.3 is 14.5 Å². The van der Waals surface area contributed by atoms with Gasteiger partial charge in [0.25, 0.3) is 0 Å². The van der Waals surface area contributed by atoms with Gasteiger partial charge in [-0.05, 0) is 64.0 Å². The van der Waals surface area contributed by atoms with E-state index in [1.54, 1.807) is 26.3 Å². The topological polar surface area (TPSA) is 83.0 Å². The van der Waals surface area contributed by atoms with Crippen LogP contribution in [0.15, 0.2) is 17.0 Å². The van der Waals surface area contributed by atoms with E-state index in [1.165, 1.54) is 9.21 Å². The Labute approximate surface area is 213 Å². The molecule has 0 aromatic carbocycles. The van der Waals surface area contributed by atoms with Crippen molar-refractivity contribution >= 4 is 21.7 Å². The van der Waals surface area contributed by atoms with Gasteiger partial charge in [0.2, 0.25) is 21.9 Å². The smallest absolute Gasteiger partial charge is 0.248 e. The number of methoxy groups -OCH3 is 1. The highest BCUT2D eigenvalue weighted by molar-refractivity contribution is 7.89. The van der Waals surface area contributed by atoms with Gasteiger partial charge in [-0.2, -0.15) is 4.31 Å². The Kier molecular flexibility index (Phi) is 8.21. The van der Waals surface area contributed by atoms with Gasteiger partial charge in [-0.15, -0.1) is 0 Å². The third kappa shape index (κ3) is 5.52. The van der Waals surface area contributed by atoms with E-state index in [-0.39, 0.29) is 55.1 Å². The molecular weight excluding hydrogens is 490 g/mol. The molecule has 202 valence electrons. The zero-order valence-electron chi connectivity index (χ0n) is 21.5. The predicted octanol–water partition coefficient (Wildman–Crippen LogP) is 3.58. The average molecular weight is 529 g/mol. The van der Waals surface area contributed by atoms with Gasteiger partial charge in [-0.1, -0.05) is 0 Å². The second-order valence-electron chi connectivity index (χ2n) is 10.4. The molecule has 0 spiro atoms. The number of sulfonamides is 1. The van der Waals surface area contributed by atoms with E-state index in [0.717, 1.165) is 19.3 Å². The summed E-state index contributed by atoms with van der Waals surface area (Å²) in [7, 11) is -0.780. The molecule has 0 bridgehead atoms. The lowest BCUT2D eigenvalue weighted by Crippen LogP contribution is -2.51. The molecule has 3 aliphatic rings. The number of nitrogens with zero attached hydrogens (tertiary/aromatic N) is 4. The van der Waals surface area contributed by atoms with Gasteiger partial charge in [0.05, 0.1) is 12.6 Å². The van der Waals surface area contributed by atoms with Crippen molar-refractivity contribution in [3.05, 3.63) is 17.8 Å². The maximum atomic E-state index is 14.0. The molecular formula is C25H38F2N4O4S. The number of hydrogen-bond donors (Lipinski definition) is 0. The van der Waals surface area contributed by atoms with Crippen LogP contribution in [0.5, 0.6) is 0 Å². The van der Waals surface area contributed by atoms with Crippen LogP contribution in [-0.4, -0.2) is 86.4 Å². The van der Waals surface area contributed by atoms with E-state index in [2.05, 4.69) is 4.98 Å². The lowest BCUT2D eigenvalue weighted by atomic mass is 9.91. The summed E-state index contributed by atoms with van der Waals surface area (Å²) in [5.74, 6) is -2.59. The highest BCUT2D eigenvalue weighted by Crippen LogP contribution is 2.37. The fraction of sp³-hybridized carbons (Fsp3) is 0.760. The van der Waals surface area contributed by atoms with Gasteiger partial charge in [0, 0.05) is 51.8 Å². The SMILES string of the molecule is COCC1CCCCN1c1nc(C)ccc1S(=O)(=O)N1CCC[C@H]1C(=O)N(C)C1CCC(F)(F)CC1. The lowest BCUT2D eigenvalue weighted by Gasteiger charge is -2.38. The quantitative estimate of drug-likeness (QED) is 0.538. The van der Waals surface area contributed by atoms with E-state index in [4.69, 9.17) is 4.74 Å². The molecule has 8 nitrogen and oxygen atoms in total. The van der Waals surface area contributed by atoms with Crippen LogP contribution in [0.2, 0.25) is 0 Å². The molecule has 2 saturated heterocycles. The minimum atomic E-state index is -4.03. The summed E-state index contributed by atoms with van der Waals surface area (Å²) < 4.78 is 62.0. The van der Waals surface area contributed by atoms with Crippen LogP contribution in [0.3, 0.4) is 0 Å². The minimum Gasteiger partial charge on any atom is -0.383 e. The number of carbonyl (C=O) groups is 1. The number of anilines is 1. The number of pyridine rings is 1. The first kappa shape index (κ1) is 27.2. The van der Waals surface area contributed by atoms with Crippen LogP contribution >= 0.6 is 0 Å². The van der Waals surface area contributed by atoms with Crippen molar-refractivity contribution in [2.75, 3.05) is 38.8 Å². The first-order chi connectivity index (χ1) is 17.0. The second kappa shape index (κ2) is 10.9. The van der Waals surface area contributed by atoms with E-state index in [9.17, 15) is 22.0 Å². The Hall–Kier alpha value is -1.85. The minimum absolute atomic E-state index is 0.0265. The predicted molar refractivity (Wildman–Crippen MR) is 133 cm³/mol. The molecule has 0 N–H and O–H groups in total. The monoisotopic (exact) mass is 528 g/mol. The molecule has 1 aliphatic carbocycles. The fourth-order valence-corrected chi connectivity index (χ4v) is 7.60. The van der Waals surface area contributed by atoms with Gasteiger partial charge in [0.1, 0.15) is 16.8 Å². The summed E-state index contributed by atoms with van der Waals surface area (Å²) in [6.45, 7) is 3.24. The molecule has 3 fully saturated rings. The van der Waals surface area contributed by atoms with Gasteiger partial charge >= 0.3 is 0 Å².